The molecule has 1 heterocycles. The predicted molar refractivity (Wildman–Crippen MR) is 74.4 cm³/mol. The minimum Gasteiger partial charge on any atom is -0.469 e. The number of ketones is 1. The van der Waals surface area contributed by atoms with E-state index in [-0.39, 0.29) is 22.4 Å². The first-order chi connectivity index (χ1) is 10.5. The highest BCUT2D eigenvalue weighted by molar-refractivity contribution is 6.14. The summed E-state index contributed by atoms with van der Waals surface area (Å²) < 4.78 is 34.1. The molecule has 0 saturated carbocycles. The van der Waals surface area contributed by atoms with Gasteiger partial charge in [-0.3, -0.25) is 4.79 Å². The average molecular weight is 303 g/mol. The fourth-order valence-corrected chi connectivity index (χ4v) is 1.87. The van der Waals surface area contributed by atoms with Gasteiger partial charge in [0.05, 0.1) is 11.8 Å². The Hall–Kier alpha value is -2.94. The van der Waals surface area contributed by atoms with E-state index in [9.17, 15) is 13.6 Å². The lowest BCUT2D eigenvalue weighted by atomic mass is 10.0. The molecule has 4 nitrogen and oxygen atoms in total. The third-order valence-corrected chi connectivity index (χ3v) is 2.90. The van der Waals surface area contributed by atoms with Crippen molar-refractivity contribution in [1.29, 1.82) is 5.26 Å². The van der Waals surface area contributed by atoms with Gasteiger partial charge < -0.3 is 9.15 Å². The maximum absolute atomic E-state index is 12.4. The maximum atomic E-state index is 12.4. The highest BCUT2D eigenvalue weighted by atomic mass is 19.3. The molecule has 2 aromatic rings. The van der Waals surface area contributed by atoms with Gasteiger partial charge in [0.25, 0.3) is 0 Å². The van der Waals surface area contributed by atoms with E-state index >= 15 is 0 Å². The summed E-state index contributed by atoms with van der Waals surface area (Å²) in [5, 5.41) is 9.16. The largest absolute Gasteiger partial charge is 0.469 e. The second kappa shape index (κ2) is 6.68. The molecule has 1 aromatic heterocycles. The quantitative estimate of drug-likeness (QED) is 0.476. The van der Waals surface area contributed by atoms with Gasteiger partial charge in [-0.1, -0.05) is 18.2 Å². The number of hydrogen-bond acceptors (Lipinski definition) is 4. The second-order valence-electron chi connectivity index (χ2n) is 4.31. The van der Waals surface area contributed by atoms with Crippen molar-refractivity contribution in [3.8, 4) is 11.8 Å². The van der Waals surface area contributed by atoms with Crippen LogP contribution in [0.15, 0.2) is 46.6 Å². The van der Waals surface area contributed by atoms with Crippen LogP contribution in [0.1, 0.15) is 21.7 Å². The van der Waals surface area contributed by atoms with Crippen LogP contribution in [0.2, 0.25) is 0 Å². The van der Waals surface area contributed by atoms with Crippen LogP contribution in [0.25, 0.3) is 6.08 Å². The summed E-state index contributed by atoms with van der Waals surface area (Å²) in [6.45, 7) is -1.40. The van der Waals surface area contributed by atoms with Crippen LogP contribution >= 0.6 is 0 Å². The normalized spacial score (nSPS) is 11.3. The standard InChI is InChI=1S/C16H11F2NO3/c1-10-13(6-7-21-10)15(20)12(9-19)8-11-4-2-3-5-14(11)22-16(17)18/h2-8,16H,1H3/b12-8+. The number of allylic oxidation sites excluding steroid dienone is 1. The lowest BCUT2D eigenvalue weighted by molar-refractivity contribution is -0.0499. The van der Waals surface area contributed by atoms with Gasteiger partial charge in [0.15, 0.2) is 0 Å². The van der Waals surface area contributed by atoms with E-state index < -0.39 is 12.4 Å². The van der Waals surface area contributed by atoms with Crippen LogP contribution in [0.4, 0.5) is 8.78 Å². The van der Waals surface area contributed by atoms with Crippen molar-refractivity contribution in [3.63, 3.8) is 0 Å². The molecule has 0 amide bonds. The summed E-state index contributed by atoms with van der Waals surface area (Å²) in [7, 11) is 0. The van der Waals surface area contributed by atoms with E-state index in [0.717, 1.165) is 0 Å². The number of nitrogens with zero attached hydrogens (tertiary/aromatic N) is 1. The molecule has 0 aliphatic rings. The molecule has 0 saturated heterocycles. The molecule has 0 unspecified atom stereocenters. The van der Waals surface area contributed by atoms with Crippen molar-refractivity contribution in [2.24, 2.45) is 0 Å². The van der Waals surface area contributed by atoms with Gasteiger partial charge in [0, 0.05) is 5.56 Å². The fourth-order valence-electron chi connectivity index (χ4n) is 1.87. The number of hydrogen-bond donors (Lipinski definition) is 0. The van der Waals surface area contributed by atoms with E-state index in [1.165, 1.54) is 36.6 Å². The summed E-state index contributed by atoms with van der Waals surface area (Å²) in [5.74, 6) is -0.272. The number of furan rings is 1. The van der Waals surface area contributed by atoms with Gasteiger partial charge in [-0.2, -0.15) is 14.0 Å². The second-order valence-corrected chi connectivity index (χ2v) is 4.31. The van der Waals surface area contributed by atoms with E-state index in [1.807, 2.05) is 0 Å². The Morgan fingerprint density at radius 2 is 2.09 bits per heavy atom. The Kier molecular flexibility index (Phi) is 4.69. The van der Waals surface area contributed by atoms with Crippen LogP contribution in [-0.4, -0.2) is 12.4 Å². The lowest BCUT2D eigenvalue weighted by Crippen LogP contribution is -2.05. The van der Waals surface area contributed by atoms with Crippen LogP contribution in [0, 0.1) is 18.3 Å². The Balaban J connectivity index is 2.40. The molecule has 0 aliphatic heterocycles. The molecule has 0 aliphatic carbocycles. The zero-order valence-electron chi connectivity index (χ0n) is 11.5. The number of ether oxygens (including phenoxy) is 1. The molecule has 2 rings (SSSR count). The van der Waals surface area contributed by atoms with E-state index in [2.05, 4.69) is 4.74 Å². The average Bonchev–Trinajstić information content (AvgIpc) is 2.91. The van der Waals surface area contributed by atoms with Crippen molar-refractivity contribution in [2.75, 3.05) is 0 Å². The molecule has 0 radical (unpaired) electrons. The molecule has 0 bridgehead atoms. The number of alkyl halides is 2. The van der Waals surface area contributed by atoms with Crippen LogP contribution in [0.3, 0.4) is 0 Å². The van der Waals surface area contributed by atoms with E-state index in [0.29, 0.717) is 5.76 Å². The van der Waals surface area contributed by atoms with Gasteiger partial charge in [0.2, 0.25) is 5.78 Å². The lowest BCUT2D eigenvalue weighted by Gasteiger charge is -2.07. The topological polar surface area (TPSA) is 63.2 Å². The zero-order valence-corrected chi connectivity index (χ0v) is 11.5. The van der Waals surface area contributed by atoms with Crippen LogP contribution in [0.5, 0.6) is 5.75 Å². The Bertz CT molecular complexity index is 757. The summed E-state index contributed by atoms with van der Waals surface area (Å²) in [4.78, 5) is 12.3. The molecular weight excluding hydrogens is 292 g/mol. The molecule has 22 heavy (non-hydrogen) atoms. The molecule has 1 aromatic carbocycles. The third-order valence-electron chi connectivity index (χ3n) is 2.90. The minimum atomic E-state index is -2.99. The van der Waals surface area contributed by atoms with Gasteiger partial charge in [-0.05, 0) is 25.1 Å². The van der Waals surface area contributed by atoms with E-state index in [1.54, 1.807) is 19.1 Å². The van der Waals surface area contributed by atoms with Gasteiger partial charge in [-0.15, -0.1) is 0 Å². The summed E-state index contributed by atoms with van der Waals surface area (Å²) in [6, 6.07) is 9.14. The summed E-state index contributed by atoms with van der Waals surface area (Å²) in [5.41, 5.74) is 0.267. The van der Waals surface area contributed by atoms with Crippen molar-refractivity contribution < 1.29 is 22.7 Å². The number of Topliss-reactive ketones (excluding diaryl/α,β-unsaturated/α-hetero) is 1. The number of carbonyl (C=O) groups excluding carboxylic acids is 1. The predicted octanol–water partition coefficient (Wildman–Crippen LogP) is 3.98. The fraction of sp³-hybridized carbons (Fsp3) is 0.125. The number of carbonyl (C=O) groups is 1. The molecule has 0 N–H and O–H groups in total. The molecule has 0 atom stereocenters. The Labute approximate surface area is 125 Å². The SMILES string of the molecule is Cc1occc1C(=O)/C(C#N)=C/c1ccccc1OC(F)F. The molecular formula is C16H11F2NO3. The summed E-state index contributed by atoms with van der Waals surface area (Å²) >= 11 is 0. The summed E-state index contributed by atoms with van der Waals surface area (Å²) in [6.07, 6.45) is 2.55. The van der Waals surface area contributed by atoms with Crippen molar-refractivity contribution in [2.45, 2.75) is 13.5 Å². The Morgan fingerprint density at radius 3 is 2.68 bits per heavy atom. The number of para-hydroxylation sites is 1. The minimum absolute atomic E-state index is 0.109. The molecule has 112 valence electrons. The number of aryl methyl sites for hydroxylation is 1. The molecule has 0 spiro atoms. The first kappa shape index (κ1) is 15.4. The number of rotatable bonds is 5. The monoisotopic (exact) mass is 303 g/mol. The first-order valence-electron chi connectivity index (χ1n) is 6.27. The van der Waals surface area contributed by atoms with Gasteiger partial charge in [-0.25, -0.2) is 0 Å². The van der Waals surface area contributed by atoms with Crippen LogP contribution < -0.4 is 4.74 Å². The van der Waals surface area contributed by atoms with Crippen LogP contribution in [-0.2, 0) is 0 Å². The number of benzene rings is 1. The number of nitriles is 1. The van der Waals surface area contributed by atoms with Crippen molar-refractivity contribution in [1.82, 2.24) is 0 Å². The smallest absolute Gasteiger partial charge is 0.387 e. The van der Waals surface area contributed by atoms with E-state index in [4.69, 9.17) is 9.68 Å². The van der Waals surface area contributed by atoms with Gasteiger partial charge in [0.1, 0.15) is 23.2 Å². The van der Waals surface area contributed by atoms with Gasteiger partial charge >= 0.3 is 6.61 Å². The Morgan fingerprint density at radius 1 is 1.36 bits per heavy atom. The zero-order chi connectivity index (χ0) is 16.1. The maximum Gasteiger partial charge on any atom is 0.387 e. The third kappa shape index (κ3) is 3.38. The van der Waals surface area contributed by atoms with Crippen molar-refractivity contribution in [3.05, 3.63) is 59.1 Å². The first-order valence-corrected chi connectivity index (χ1v) is 6.27. The molecule has 0 fully saturated rings. The highest BCUT2D eigenvalue weighted by Crippen LogP contribution is 2.24. The highest BCUT2D eigenvalue weighted by Gasteiger charge is 2.17. The van der Waals surface area contributed by atoms with Crippen molar-refractivity contribution >= 4 is 11.9 Å². The molecule has 6 heteroatoms. The number of halogens is 2.